The van der Waals surface area contributed by atoms with E-state index in [2.05, 4.69) is 0 Å². The predicted molar refractivity (Wildman–Crippen MR) is 56.0 cm³/mol. The van der Waals surface area contributed by atoms with Crippen molar-refractivity contribution in [1.82, 2.24) is 8.61 Å². The molecule has 0 atom stereocenters. The van der Waals surface area contributed by atoms with E-state index in [9.17, 15) is 8.42 Å². The third-order valence-corrected chi connectivity index (χ3v) is 4.45. The van der Waals surface area contributed by atoms with Crippen LogP contribution in [0, 0.1) is 0 Å². The highest BCUT2D eigenvalue weighted by molar-refractivity contribution is 7.86. The molecule has 0 bridgehead atoms. The average molecular weight is 221 g/mol. The van der Waals surface area contributed by atoms with Crippen LogP contribution in [0.4, 0.5) is 0 Å². The fourth-order valence-electron chi connectivity index (χ4n) is 1.55. The fourth-order valence-corrected chi connectivity index (χ4v) is 3.02. The van der Waals surface area contributed by atoms with Gasteiger partial charge in [-0.05, 0) is 25.8 Å². The quantitative estimate of drug-likeness (QED) is 0.687. The summed E-state index contributed by atoms with van der Waals surface area (Å²) < 4.78 is 26.6. The molecule has 0 radical (unpaired) electrons. The lowest BCUT2D eigenvalue weighted by Crippen LogP contribution is -2.41. The van der Waals surface area contributed by atoms with Gasteiger partial charge in [-0.25, -0.2) is 0 Å². The lowest BCUT2D eigenvalue weighted by atomic mass is 10.4. The summed E-state index contributed by atoms with van der Waals surface area (Å²) in [6.07, 6.45) is 2.66. The predicted octanol–water partition coefficient (Wildman–Crippen LogP) is -0.392. The zero-order chi connectivity index (χ0) is 10.6. The number of nitrogens with two attached hydrogens (primary N) is 1. The molecule has 1 rings (SSSR count). The van der Waals surface area contributed by atoms with Crippen molar-refractivity contribution in [2.75, 3.05) is 33.2 Å². The number of hydrogen-bond donors (Lipinski definition) is 1. The average Bonchev–Trinajstić information content (AvgIpc) is 2.67. The molecule has 1 saturated heterocycles. The van der Waals surface area contributed by atoms with Gasteiger partial charge in [0.2, 0.25) is 0 Å². The molecule has 2 N–H and O–H groups in total. The molecule has 6 heteroatoms. The summed E-state index contributed by atoms with van der Waals surface area (Å²) in [7, 11) is -1.59. The molecule has 0 aliphatic carbocycles. The van der Waals surface area contributed by atoms with Gasteiger partial charge >= 0.3 is 0 Å². The van der Waals surface area contributed by atoms with Gasteiger partial charge in [0.25, 0.3) is 10.2 Å². The maximum atomic E-state index is 11.8. The van der Waals surface area contributed by atoms with Crippen LogP contribution in [0.1, 0.15) is 19.3 Å². The molecule has 1 aliphatic rings. The SMILES string of the molecule is CN(CCCN)S(=O)(=O)N1CCCC1. The van der Waals surface area contributed by atoms with Gasteiger partial charge in [-0.2, -0.15) is 17.0 Å². The van der Waals surface area contributed by atoms with Crippen LogP contribution in [0.5, 0.6) is 0 Å². The Hall–Kier alpha value is -0.170. The van der Waals surface area contributed by atoms with E-state index in [0.717, 1.165) is 12.8 Å². The van der Waals surface area contributed by atoms with E-state index in [0.29, 0.717) is 32.6 Å². The summed E-state index contributed by atoms with van der Waals surface area (Å²) in [5.74, 6) is 0. The van der Waals surface area contributed by atoms with Gasteiger partial charge in [-0.1, -0.05) is 0 Å². The largest absolute Gasteiger partial charge is 0.330 e. The third-order valence-electron chi connectivity index (χ3n) is 2.46. The zero-order valence-electron chi connectivity index (χ0n) is 8.65. The van der Waals surface area contributed by atoms with Crippen LogP contribution in [0.25, 0.3) is 0 Å². The van der Waals surface area contributed by atoms with Crippen LogP contribution >= 0.6 is 0 Å². The molecule has 0 aromatic carbocycles. The van der Waals surface area contributed by atoms with Gasteiger partial charge in [-0.3, -0.25) is 0 Å². The summed E-state index contributed by atoms with van der Waals surface area (Å²) in [6.45, 7) is 2.36. The van der Waals surface area contributed by atoms with Crippen LogP contribution in [0.3, 0.4) is 0 Å². The minimum Gasteiger partial charge on any atom is -0.330 e. The third kappa shape index (κ3) is 2.66. The molecule has 14 heavy (non-hydrogen) atoms. The highest BCUT2D eigenvalue weighted by atomic mass is 32.2. The highest BCUT2D eigenvalue weighted by Gasteiger charge is 2.28. The van der Waals surface area contributed by atoms with Crippen molar-refractivity contribution in [3.8, 4) is 0 Å². The van der Waals surface area contributed by atoms with Crippen molar-refractivity contribution in [3.05, 3.63) is 0 Å². The maximum Gasteiger partial charge on any atom is 0.281 e. The fraction of sp³-hybridized carbons (Fsp3) is 1.00. The smallest absolute Gasteiger partial charge is 0.281 e. The first-order valence-electron chi connectivity index (χ1n) is 5.00. The first-order chi connectivity index (χ1) is 6.59. The van der Waals surface area contributed by atoms with Crippen molar-refractivity contribution in [2.24, 2.45) is 5.73 Å². The Kier molecular flexibility index (Phi) is 4.31. The number of hydrogen-bond acceptors (Lipinski definition) is 3. The Morgan fingerprint density at radius 2 is 1.93 bits per heavy atom. The molecule has 1 aliphatic heterocycles. The van der Waals surface area contributed by atoms with Gasteiger partial charge < -0.3 is 5.73 Å². The number of rotatable bonds is 5. The van der Waals surface area contributed by atoms with Crippen LogP contribution in [0.15, 0.2) is 0 Å². The van der Waals surface area contributed by atoms with Crippen molar-refractivity contribution in [1.29, 1.82) is 0 Å². The second-order valence-electron chi connectivity index (χ2n) is 3.58. The first-order valence-corrected chi connectivity index (χ1v) is 6.40. The normalized spacial score (nSPS) is 19.4. The molecule has 1 fully saturated rings. The van der Waals surface area contributed by atoms with E-state index in [1.807, 2.05) is 0 Å². The van der Waals surface area contributed by atoms with E-state index in [4.69, 9.17) is 5.73 Å². The first kappa shape index (κ1) is 11.9. The molecule has 5 nitrogen and oxygen atoms in total. The summed E-state index contributed by atoms with van der Waals surface area (Å²) >= 11 is 0. The molecule has 84 valence electrons. The lowest BCUT2D eigenvalue weighted by Gasteiger charge is -2.23. The van der Waals surface area contributed by atoms with Crippen molar-refractivity contribution < 1.29 is 8.42 Å². The van der Waals surface area contributed by atoms with E-state index in [1.54, 1.807) is 11.4 Å². The van der Waals surface area contributed by atoms with Crippen LogP contribution in [-0.4, -0.2) is 50.3 Å². The summed E-state index contributed by atoms with van der Waals surface area (Å²) in [4.78, 5) is 0. The van der Waals surface area contributed by atoms with E-state index in [-0.39, 0.29) is 0 Å². The molecule has 0 aromatic heterocycles. The van der Waals surface area contributed by atoms with Gasteiger partial charge in [0.15, 0.2) is 0 Å². The molecular weight excluding hydrogens is 202 g/mol. The Morgan fingerprint density at radius 1 is 1.36 bits per heavy atom. The molecule has 1 heterocycles. The standard InChI is InChI=1S/C8H19N3O2S/c1-10(6-4-5-9)14(12,13)11-7-2-3-8-11/h2-9H2,1H3. The Labute approximate surface area is 86.0 Å². The topological polar surface area (TPSA) is 66.6 Å². The summed E-state index contributed by atoms with van der Waals surface area (Å²) in [5, 5.41) is 0. The van der Waals surface area contributed by atoms with Gasteiger partial charge in [0, 0.05) is 26.7 Å². The lowest BCUT2D eigenvalue weighted by molar-refractivity contribution is 0.392. The van der Waals surface area contributed by atoms with E-state index >= 15 is 0 Å². The Bertz CT molecular complexity index is 260. The number of nitrogens with zero attached hydrogens (tertiary/aromatic N) is 2. The van der Waals surface area contributed by atoms with Crippen molar-refractivity contribution >= 4 is 10.2 Å². The summed E-state index contributed by atoms with van der Waals surface area (Å²) in [5.41, 5.74) is 5.34. The van der Waals surface area contributed by atoms with Crippen LogP contribution in [-0.2, 0) is 10.2 Å². The second-order valence-corrected chi connectivity index (χ2v) is 5.61. The minimum absolute atomic E-state index is 0.509. The van der Waals surface area contributed by atoms with Crippen molar-refractivity contribution in [2.45, 2.75) is 19.3 Å². The second kappa shape index (κ2) is 5.06. The Morgan fingerprint density at radius 3 is 2.43 bits per heavy atom. The molecular formula is C8H19N3O2S. The molecule has 0 unspecified atom stereocenters. The van der Waals surface area contributed by atoms with Crippen LogP contribution < -0.4 is 5.73 Å². The monoisotopic (exact) mass is 221 g/mol. The molecule has 0 aromatic rings. The summed E-state index contributed by atoms with van der Waals surface area (Å²) in [6, 6.07) is 0. The molecule has 0 amide bonds. The molecule has 0 saturated carbocycles. The van der Waals surface area contributed by atoms with Gasteiger partial charge in [-0.15, -0.1) is 0 Å². The van der Waals surface area contributed by atoms with Gasteiger partial charge in [0.05, 0.1) is 0 Å². The van der Waals surface area contributed by atoms with Gasteiger partial charge in [0.1, 0.15) is 0 Å². The maximum absolute atomic E-state index is 11.8. The highest BCUT2D eigenvalue weighted by Crippen LogP contribution is 2.15. The van der Waals surface area contributed by atoms with E-state index in [1.165, 1.54) is 4.31 Å². The van der Waals surface area contributed by atoms with Crippen molar-refractivity contribution in [3.63, 3.8) is 0 Å². The zero-order valence-corrected chi connectivity index (χ0v) is 9.46. The van der Waals surface area contributed by atoms with E-state index < -0.39 is 10.2 Å². The van der Waals surface area contributed by atoms with Crippen LogP contribution in [0.2, 0.25) is 0 Å². The Balaban J connectivity index is 2.54. The minimum atomic E-state index is -3.20. The molecule has 0 spiro atoms.